The van der Waals surface area contributed by atoms with E-state index in [1.165, 1.54) is 12.5 Å². The molecule has 6 nitrogen and oxygen atoms in total. The summed E-state index contributed by atoms with van der Waals surface area (Å²) in [6, 6.07) is 7.29. The SMILES string of the molecule is COc1ccc(CNC(=O)c2cnc[nH]c2=O)cc1. The smallest absolute Gasteiger partial charge is 0.263 e. The van der Waals surface area contributed by atoms with Gasteiger partial charge in [0, 0.05) is 12.7 Å². The standard InChI is InChI=1S/C13H13N3O3/c1-19-10-4-2-9(3-5-10)6-15-12(17)11-7-14-8-16-13(11)18/h2-5,7-8H,6H2,1H3,(H,15,17)(H,14,16,18). The summed E-state index contributed by atoms with van der Waals surface area (Å²) in [5.74, 6) is 0.295. The van der Waals surface area contributed by atoms with E-state index < -0.39 is 11.5 Å². The summed E-state index contributed by atoms with van der Waals surface area (Å²) in [5, 5.41) is 2.65. The molecule has 2 rings (SSSR count). The third-order valence-electron chi connectivity index (χ3n) is 2.58. The lowest BCUT2D eigenvalue weighted by Gasteiger charge is -2.05. The Morgan fingerprint density at radius 1 is 1.37 bits per heavy atom. The number of nitrogens with zero attached hydrogens (tertiary/aromatic N) is 1. The highest BCUT2D eigenvalue weighted by atomic mass is 16.5. The first-order chi connectivity index (χ1) is 9.20. The van der Waals surface area contributed by atoms with Gasteiger partial charge in [-0.25, -0.2) is 4.98 Å². The molecule has 19 heavy (non-hydrogen) atoms. The molecular weight excluding hydrogens is 246 g/mol. The van der Waals surface area contributed by atoms with Gasteiger partial charge in [0.15, 0.2) is 0 Å². The Labute approximate surface area is 109 Å². The van der Waals surface area contributed by atoms with Gasteiger partial charge in [-0.1, -0.05) is 12.1 Å². The second-order valence-corrected chi connectivity index (χ2v) is 3.83. The Morgan fingerprint density at radius 3 is 2.74 bits per heavy atom. The van der Waals surface area contributed by atoms with Crippen LogP contribution in [0, 0.1) is 0 Å². The number of H-pyrrole nitrogens is 1. The third-order valence-corrected chi connectivity index (χ3v) is 2.58. The van der Waals surface area contributed by atoms with Gasteiger partial charge in [0.2, 0.25) is 0 Å². The van der Waals surface area contributed by atoms with Gasteiger partial charge in [-0.15, -0.1) is 0 Å². The summed E-state index contributed by atoms with van der Waals surface area (Å²) >= 11 is 0. The van der Waals surface area contributed by atoms with Crippen LogP contribution in [-0.4, -0.2) is 23.0 Å². The van der Waals surface area contributed by atoms with Crippen molar-refractivity contribution in [3.8, 4) is 5.75 Å². The minimum atomic E-state index is -0.456. The molecule has 2 aromatic rings. The highest BCUT2D eigenvalue weighted by Gasteiger charge is 2.09. The third kappa shape index (κ3) is 3.19. The topological polar surface area (TPSA) is 84.1 Å². The van der Waals surface area contributed by atoms with Crippen LogP contribution in [0.5, 0.6) is 5.75 Å². The number of methoxy groups -OCH3 is 1. The van der Waals surface area contributed by atoms with Gasteiger partial charge in [-0.05, 0) is 17.7 Å². The van der Waals surface area contributed by atoms with E-state index in [2.05, 4.69) is 15.3 Å². The number of hydrogen-bond acceptors (Lipinski definition) is 4. The van der Waals surface area contributed by atoms with Crippen molar-refractivity contribution in [3.63, 3.8) is 0 Å². The average Bonchev–Trinajstić information content (AvgIpc) is 2.46. The summed E-state index contributed by atoms with van der Waals surface area (Å²) in [7, 11) is 1.59. The van der Waals surface area contributed by atoms with E-state index in [1.807, 2.05) is 12.1 Å². The largest absolute Gasteiger partial charge is 0.497 e. The van der Waals surface area contributed by atoms with Crippen LogP contribution < -0.4 is 15.6 Å². The maximum absolute atomic E-state index is 11.8. The maximum atomic E-state index is 11.8. The number of ether oxygens (including phenoxy) is 1. The second-order valence-electron chi connectivity index (χ2n) is 3.83. The van der Waals surface area contributed by atoms with Crippen molar-refractivity contribution in [1.29, 1.82) is 0 Å². The normalized spacial score (nSPS) is 9.95. The van der Waals surface area contributed by atoms with Crippen molar-refractivity contribution >= 4 is 5.91 Å². The Kier molecular flexibility index (Phi) is 3.92. The number of carbonyl (C=O) groups excluding carboxylic acids is 1. The zero-order chi connectivity index (χ0) is 13.7. The first-order valence-electron chi connectivity index (χ1n) is 5.64. The van der Waals surface area contributed by atoms with E-state index >= 15 is 0 Å². The Hall–Kier alpha value is -2.63. The first kappa shape index (κ1) is 12.8. The second kappa shape index (κ2) is 5.81. The fraction of sp³-hybridized carbons (Fsp3) is 0.154. The molecule has 0 saturated heterocycles. The number of nitrogens with one attached hydrogen (secondary N) is 2. The van der Waals surface area contributed by atoms with Crippen LogP contribution in [0.2, 0.25) is 0 Å². The lowest BCUT2D eigenvalue weighted by molar-refractivity contribution is 0.0949. The van der Waals surface area contributed by atoms with Gasteiger partial charge in [0.25, 0.3) is 11.5 Å². The van der Waals surface area contributed by atoms with E-state index in [0.717, 1.165) is 11.3 Å². The van der Waals surface area contributed by atoms with E-state index in [4.69, 9.17) is 4.74 Å². The number of rotatable bonds is 4. The Bertz CT molecular complexity index is 620. The molecule has 0 aliphatic carbocycles. The van der Waals surface area contributed by atoms with Gasteiger partial charge < -0.3 is 15.0 Å². The minimum absolute atomic E-state index is 0.00369. The molecule has 0 aliphatic rings. The molecule has 1 heterocycles. The molecule has 0 atom stereocenters. The fourth-order valence-electron chi connectivity index (χ4n) is 1.53. The zero-order valence-electron chi connectivity index (χ0n) is 10.3. The molecule has 0 fully saturated rings. The summed E-state index contributed by atoms with van der Waals surface area (Å²) < 4.78 is 5.04. The maximum Gasteiger partial charge on any atom is 0.263 e. The van der Waals surface area contributed by atoms with E-state index in [1.54, 1.807) is 19.2 Å². The average molecular weight is 259 g/mol. The molecule has 0 spiro atoms. The molecule has 1 aromatic carbocycles. The summed E-state index contributed by atoms with van der Waals surface area (Å²) in [5.41, 5.74) is 0.452. The quantitative estimate of drug-likeness (QED) is 0.847. The number of aromatic nitrogens is 2. The summed E-state index contributed by atoms with van der Waals surface area (Å²) in [6.07, 6.45) is 2.48. The predicted octanol–water partition coefficient (Wildman–Crippen LogP) is 0.708. The van der Waals surface area contributed by atoms with E-state index in [-0.39, 0.29) is 5.56 Å². The van der Waals surface area contributed by atoms with Crippen molar-refractivity contribution in [2.45, 2.75) is 6.54 Å². The molecule has 2 N–H and O–H groups in total. The monoisotopic (exact) mass is 259 g/mol. The molecule has 0 radical (unpaired) electrons. The number of hydrogen-bond donors (Lipinski definition) is 2. The van der Waals surface area contributed by atoms with Crippen molar-refractivity contribution in [1.82, 2.24) is 15.3 Å². The lowest BCUT2D eigenvalue weighted by Crippen LogP contribution is -2.29. The van der Waals surface area contributed by atoms with Gasteiger partial charge in [-0.2, -0.15) is 0 Å². The van der Waals surface area contributed by atoms with Gasteiger partial charge in [0.1, 0.15) is 11.3 Å². The lowest BCUT2D eigenvalue weighted by atomic mass is 10.2. The Morgan fingerprint density at radius 2 is 2.11 bits per heavy atom. The van der Waals surface area contributed by atoms with E-state index in [9.17, 15) is 9.59 Å². The number of carbonyl (C=O) groups is 1. The first-order valence-corrected chi connectivity index (χ1v) is 5.64. The molecule has 1 aromatic heterocycles. The minimum Gasteiger partial charge on any atom is -0.497 e. The van der Waals surface area contributed by atoms with E-state index in [0.29, 0.717) is 6.54 Å². The number of amides is 1. The van der Waals surface area contributed by atoms with Crippen LogP contribution in [-0.2, 0) is 6.54 Å². The molecule has 0 aliphatic heterocycles. The fourth-order valence-corrected chi connectivity index (χ4v) is 1.53. The van der Waals surface area contributed by atoms with Crippen LogP contribution in [0.1, 0.15) is 15.9 Å². The molecule has 0 bridgehead atoms. The van der Waals surface area contributed by atoms with Crippen molar-refractivity contribution in [2.75, 3.05) is 7.11 Å². The van der Waals surface area contributed by atoms with Crippen LogP contribution in [0.15, 0.2) is 41.6 Å². The highest BCUT2D eigenvalue weighted by Crippen LogP contribution is 2.10. The Balaban J connectivity index is 2.00. The summed E-state index contributed by atoms with van der Waals surface area (Å²) in [6.45, 7) is 0.331. The van der Waals surface area contributed by atoms with Crippen LogP contribution in [0.3, 0.4) is 0 Å². The van der Waals surface area contributed by atoms with Crippen molar-refractivity contribution in [2.24, 2.45) is 0 Å². The van der Waals surface area contributed by atoms with Crippen LogP contribution in [0.25, 0.3) is 0 Å². The molecule has 0 saturated carbocycles. The molecule has 6 heteroatoms. The molecular formula is C13H13N3O3. The zero-order valence-corrected chi connectivity index (χ0v) is 10.3. The molecule has 98 valence electrons. The van der Waals surface area contributed by atoms with Crippen molar-refractivity contribution in [3.05, 3.63) is 58.3 Å². The highest BCUT2D eigenvalue weighted by molar-refractivity contribution is 5.93. The van der Waals surface area contributed by atoms with Crippen LogP contribution >= 0.6 is 0 Å². The number of benzene rings is 1. The summed E-state index contributed by atoms with van der Waals surface area (Å²) in [4.78, 5) is 29.2. The van der Waals surface area contributed by atoms with Crippen molar-refractivity contribution < 1.29 is 9.53 Å². The number of aromatic amines is 1. The molecule has 1 amide bonds. The van der Waals surface area contributed by atoms with Gasteiger partial charge >= 0.3 is 0 Å². The molecule has 0 unspecified atom stereocenters. The predicted molar refractivity (Wildman–Crippen MR) is 69.0 cm³/mol. The van der Waals surface area contributed by atoms with Gasteiger partial charge in [0.05, 0.1) is 13.4 Å². The van der Waals surface area contributed by atoms with Gasteiger partial charge in [-0.3, -0.25) is 9.59 Å². The van der Waals surface area contributed by atoms with Crippen LogP contribution in [0.4, 0.5) is 0 Å².